The van der Waals surface area contributed by atoms with E-state index in [0.717, 1.165) is 25.9 Å². The lowest BCUT2D eigenvalue weighted by atomic mass is 9.84. The Kier molecular flexibility index (Phi) is 6.81. The number of anilines is 2. The van der Waals surface area contributed by atoms with Gasteiger partial charge < -0.3 is 16.0 Å². The van der Waals surface area contributed by atoms with Crippen molar-refractivity contribution in [2.75, 3.05) is 23.7 Å². The minimum absolute atomic E-state index is 0.0134. The first-order chi connectivity index (χ1) is 13.5. The number of carbonyl (C=O) groups is 2. The summed E-state index contributed by atoms with van der Waals surface area (Å²) in [5.74, 6) is 0.812. The Hall–Kier alpha value is -2.67. The van der Waals surface area contributed by atoms with Crippen LogP contribution in [0.15, 0.2) is 42.7 Å². The third-order valence-corrected chi connectivity index (χ3v) is 5.41. The average molecular weight is 383 g/mol. The van der Waals surface area contributed by atoms with E-state index in [1.165, 1.54) is 0 Å². The van der Waals surface area contributed by atoms with Crippen molar-refractivity contribution < 1.29 is 9.59 Å². The zero-order valence-electron chi connectivity index (χ0n) is 16.5. The molecule has 2 unspecified atom stereocenters. The van der Waals surface area contributed by atoms with Gasteiger partial charge in [0.25, 0.3) is 0 Å². The molecule has 2 atom stereocenters. The van der Waals surface area contributed by atoms with Gasteiger partial charge in [-0.05, 0) is 69.0 Å². The van der Waals surface area contributed by atoms with E-state index in [9.17, 15) is 9.59 Å². The Labute approximate surface area is 165 Å². The Morgan fingerprint density at radius 1 is 1.18 bits per heavy atom. The van der Waals surface area contributed by atoms with E-state index < -0.39 is 6.04 Å². The molecule has 2 aromatic rings. The molecule has 7 heteroatoms. The van der Waals surface area contributed by atoms with Crippen LogP contribution in [0.3, 0.4) is 0 Å². The molecular weight excluding hydrogens is 354 g/mol. The third kappa shape index (κ3) is 5.42. The molecule has 3 rings (SSSR count). The summed E-state index contributed by atoms with van der Waals surface area (Å²) in [4.78, 5) is 24.8. The number of piperidine rings is 1. The summed E-state index contributed by atoms with van der Waals surface area (Å²) in [6, 6.07) is 8.60. The Morgan fingerprint density at radius 2 is 1.89 bits per heavy atom. The first-order valence-electron chi connectivity index (χ1n) is 9.93. The second-order valence-corrected chi connectivity index (χ2v) is 7.55. The summed E-state index contributed by atoms with van der Waals surface area (Å²) < 4.78 is 1.60. The van der Waals surface area contributed by atoms with Crippen molar-refractivity contribution in [2.24, 2.45) is 11.8 Å². The number of carbonyl (C=O) groups excluding carboxylic acids is 2. The van der Waals surface area contributed by atoms with Crippen molar-refractivity contribution in [3.63, 3.8) is 0 Å². The highest BCUT2D eigenvalue weighted by atomic mass is 16.2. The molecule has 1 fully saturated rings. The van der Waals surface area contributed by atoms with Gasteiger partial charge in [0, 0.05) is 30.2 Å². The van der Waals surface area contributed by atoms with Crippen molar-refractivity contribution in [3.8, 4) is 0 Å². The summed E-state index contributed by atoms with van der Waals surface area (Å²) in [5, 5.41) is 13.3. The number of rotatable bonds is 7. The second kappa shape index (κ2) is 9.50. The minimum Gasteiger partial charge on any atom is -0.326 e. The predicted octanol–water partition coefficient (Wildman–Crippen LogP) is 3.05. The summed E-state index contributed by atoms with van der Waals surface area (Å²) in [6.45, 7) is 6.02. The molecule has 150 valence electrons. The molecule has 0 bridgehead atoms. The molecule has 3 N–H and O–H groups in total. The molecule has 1 aliphatic heterocycles. The molecule has 1 saturated heterocycles. The number of benzene rings is 1. The number of amides is 2. The lowest BCUT2D eigenvalue weighted by molar-refractivity contribution is -0.119. The Balaban J connectivity index is 1.53. The molecule has 2 amide bonds. The molecule has 2 heterocycles. The van der Waals surface area contributed by atoms with Crippen LogP contribution in [0.5, 0.6) is 0 Å². The lowest BCUT2D eigenvalue weighted by Crippen LogP contribution is -2.32. The van der Waals surface area contributed by atoms with Crippen LogP contribution in [-0.2, 0) is 9.59 Å². The molecule has 0 radical (unpaired) electrons. The van der Waals surface area contributed by atoms with E-state index in [-0.39, 0.29) is 11.8 Å². The molecule has 1 aliphatic rings. The van der Waals surface area contributed by atoms with Crippen LogP contribution in [0.1, 0.15) is 39.2 Å². The molecule has 0 aliphatic carbocycles. The quantitative estimate of drug-likeness (QED) is 0.686. The van der Waals surface area contributed by atoms with E-state index in [1.807, 2.05) is 12.1 Å². The highest BCUT2D eigenvalue weighted by Gasteiger charge is 2.22. The van der Waals surface area contributed by atoms with Gasteiger partial charge in [-0.15, -0.1) is 0 Å². The van der Waals surface area contributed by atoms with Crippen LogP contribution in [-0.4, -0.2) is 34.7 Å². The van der Waals surface area contributed by atoms with Crippen LogP contribution in [0.2, 0.25) is 0 Å². The summed E-state index contributed by atoms with van der Waals surface area (Å²) in [5.41, 5.74) is 1.33. The molecule has 0 saturated carbocycles. The van der Waals surface area contributed by atoms with Crippen LogP contribution in [0.25, 0.3) is 0 Å². The van der Waals surface area contributed by atoms with Crippen molar-refractivity contribution >= 4 is 23.2 Å². The largest absolute Gasteiger partial charge is 0.326 e. The van der Waals surface area contributed by atoms with Gasteiger partial charge in [0.1, 0.15) is 6.04 Å². The van der Waals surface area contributed by atoms with Gasteiger partial charge in [-0.3, -0.25) is 14.3 Å². The van der Waals surface area contributed by atoms with Crippen molar-refractivity contribution in [2.45, 2.75) is 39.2 Å². The number of hydrogen-bond donors (Lipinski definition) is 3. The van der Waals surface area contributed by atoms with Gasteiger partial charge in [-0.2, -0.15) is 5.10 Å². The fourth-order valence-corrected chi connectivity index (χ4v) is 3.64. The van der Waals surface area contributed by atoms with Gasteiger partial charge in [-0.1, -0.05) is 13.0 Å². The summed E-state index contributed by atoms with van der Waals surface area (Å²) >= 11 is 0. The van der Waals surface area contributed by atoms with Gasteiger partial charge in [0.05, 0.1) is 0 Å². The van der Waals surface area contributed by atoms with Gasteiger partial charge in [0.15, 0.2) is 0 Å². The fourth-order valence-electron chi connectivity index (χ4n) is 3.64. The van der Waals surface area contributed by atoms with E-state index in [0.29, 0.717) is 29.6 Å². The highest BCUT2D eigenvalue weighted by Crippen LogP contribution is 2.25. The Bertz CT molecular complexity index is 784. The van der Waals surface area contributed by atoms with Crippen LogP contribution < -0.4 is 16.0 Å². The molecule has 28 heavy (non-hydrogen) atoms. The van der Waals surface area contributed by atoms with Crippen molar-refractivity contribution in [1.82, 2.24) is 15.1 Å². The average Bonchev–Trinajstić information content (AvgIpc) is 3.23. The van der Waals surface area contributed by atoms with Crippen molar-refractivity contribution in [1.29, 1.82) is 0 Å². The summed E-state index contributed by atoms with van der Waals surface area (Å²) in [6.07, 6.45) is 6.17. The molecule has 7 nitrogen and oxygen atoms in total. The predicted molar refractivity (Wildman–Crippen MR) is 110 cm³/mol. The molecular formula is C21H29N5O2. The zero-order valence-corrected chi connectivity index (χ0v) is 16.5. The standard InChI is InChI=1S/C21H29N5O2/c1-15(17-7-10-22-11-8-17)13-20(27)24-18-5-3-6-19(14-18)25-21(28)16(2)26-12-4-9-23-26/h3-6,9,12,14-17,22H,7-8,10-11,13H2,1-2H3,(H,24,27)(H,25,28). The Morgan fingerprint density at radius 3 is 2.57 bits per heavy atom. The SMILES string of the molecule is CC(CC(=O)Nc1cccc(NC(=O)C(C)n2cccn2)c1)C1CCNCC1. The minimum atomic E-state index is -0.418. The maximum Gasteiger partial charge on any atom is 0.248 e. The molecule has 1 aromatic carbocycles. The maximum absolute atomic E-state index is 12.4. The van der Waals surface area contributed by atoms with Crippen LogP contribution >= 0.6 is 0 Å². The van der Waals surface area contributed by atoms with E-state index in [2.05, 4.69) is 28.0 Å². The number of nitrogens with zero attached hydrogens (tertiary/aromatic N) is 2. The third-order valence-electron chi connectivity index (χ3n) is 5.41. The molecule has 1 aromatic heterocycles. The fraction of sp³-hybridized carbons (Fsp3) is 0.476. The normalized spacial score (nSPS) is 16.9. The zero-order chi connectivity index (χ0) is 19.9. The lowest BCUT2D eigenvalue weighted by Gasteiger charge is -2.27. The van der Waals surface area contributed by atoms with E-state index >= 15 is 0 Å². The van der Waals surface area contributed by atoms with Gasteiger partial charge in [0.2, 0.25) is 11.8 Å². The maximum atomic E-state index is 12.4. The summed E-state index contributed by atoms with van der Waals surface area (Å²) in [7, 11) is 0. The molecule has 0 spiro atoms. The number of aromatic nitrogens is 2. The van der Waals surface area contributed by atoms with Crippen LogP contribution in [0.4, 0.5) is 11.4 Å². The topological polar surface area (TPSA) is 88.1 Å². The van der Waals surface area contributed by atoms with Crippen molar-refractivity contribution in [3.05, 3.63) is 42.7 Å². The van der Waals surface area contributed by atoms with Gasteiger partial charge in [-0.25, -0.2) is 0 Å². The monoisotopic (exact) mass is 383 g/mol. The first kappa shape index (κ1) is 20.1. The van der Waals surface area contributed by atoms with E-state index in [4.69, 9.17) is 0 Å². The van der Waals surface area contributed by atoms with E-state index in [1.54, 1.807) is 42.2 Å². The first-order valence-corrected chi connectivity index (χ1v) is 9.93. The highest BCUT2D eigenvalue weighted by molar-refractivity contribution is 5.95. The van der Waals surface area contributed by atoms with Crippen LogP contribution in [0, 0.1) is 11.8 Å². The number of hydrogen-bond acceptors (Lipinski definition) is 4. The van der Waals surface area contributed by atoms with Gasteiger partial charge >= 0.3 is 0 Å². The smallest absolute Gasteiger partial charge is 0.248 e. The number of nitrogens with one attached hydrogen (secondary N) is 3. The second-order valence-electron chi connectivity index (χ2n) is 7.55.